The van der Waals surface area contributed by atoms with Crippen molar-refractivity contribution >= 4 is 41.7 Å². The van der Waals surface area contributed by atoms with Gasteiger partial charge in [0, 0.05) is 0 Å². The quantitative estimate of drug-likeness (QED) is 0.383. The average Bonchev–Trinajstić information content (AvgIpc) is 2.43. The van der Waals surface area contributed by atoms with Gasteiger partial charge in [0.15, 0.2) is 0 Å². The van der Waals surface area contributed by atoms with E-state index in [1.165, 1.54) is 6.92 Å². The van der Waals surface area contributed by atoms with Crippen LogP contribution >= 0.6 is 31.9 Å². The van der Waals surface area contributed by atoms with Crippen LogP contribution in [0, 0.1) is 17.2 Å². The molecular formula is C12H8Br2F7NO2S. The van der Waals surface area contributed by atoms with Gasteiger partial charge >= 0.3 is 17.4 Å². The lowest BCUT2D eigenvalue weighted by Gasteiger charge is -2.33. The average molecular weight is 523 g/mol. The molecule has 25 heavy (non-hydrogen) atoms. The Bertz CT molecular complexity index is 767. The van der Waals surface area contributed by atoms with E-state index in [0.29, 0.717) is 12.2 Å². The van der Waals surface area contributed by atoms with Crippen molar-refractivity contribution in [2.75, 3.05) is 0 Å². The summed E-state index contributed by atoms with van der Waals surface area (Å²) in [6, 6.07) is 1.71. The molecule has 0 aromatic heterocycles. The van der Waals surface area contributed by atoms with E-state index in [4.69, 9.17) is 5.26 Å². The molecular weight excluding hydrogens is 515 g/mol. The SMILES string of the molecule is CC(C#N)C1(Br)C=C(S(=O)(=O)C(F)(F)C(F)(F)C(F)(F)F)C=C(Br)C1. The number of nitriles is 1. The van der Waals surface area contributed by atoms with Gasteiger partial charge < -0.3 is 0 Å². The van der Waals surface area contributed by atoms with Crippen molar-refractivity contribution in [3.05, 3.63) is 21.5 Å². The lowest BCUT2D eigenvalue weighted by molar-refractivity contribution is -0.331. The lowest BCUT2D eigenvalue weighted by atomic mass is 9.89. The zero-order valence-corrected chi connectivity index (χ0v) is 16.0. The molecule has 0 aromatic rings. The Morgan fingerprint density at radius 1 is 1.24 bits per heavy atom. The van der Waals surface area contributed by atoms with Crippen LogP contribution in [0.15, 0.2) is 21.5 Å². The topological polar surface area (TPSA) is 57.9 Å². The Morgan fingerprint density at radius 2 is 1.72 bits per heavy atom. The number of sulfone groups is 1. The first kappa shape index (κ1) is 22.4. The van der Waals surface area contributed by atoms with Gasteiger partial charge in [-0.1, -0.05) is 31.9 Å². The second-order valence-corrected chi connectivity index (χ2v) is 9.67. The predicted octanol–water partition coefficient (Wildman–Crippen LogP) is 5.05. The first-order valence-electron chi connectivity index (χ1n) is 6.18. The van der Waals surface area contributed by atoms with Crippen molar-refractivity contribution in [1.82, 2.24) is 0 Å². The molecule has 0 spiro atoms. The molecule has 0 saturated heterocycles. The molecule has 1 aliphatic rings. The van der Waals surface area contributed by atoms with Gasteiger partial charge in [-0.3, -0.25) is 0 Å². The van der Waals surface area contributed by atoms with Crippen LogP contribution in [0.3, 0.4) is 0 Å². The zero-order valence-electron chi connectivity index (χ0n) is 12.0. The van der Waals surface area contributed by atoms with Crippen molar-refractivity contribution in [1.29, 1.82) is 5.26 Å². The maximum atomic E-state index is 13.7. The highest BCUT2D eigenvalue weighted by Crippen LogP contribution is 2.52. The number of hydrogen-bond acceptors (Lipinski definition) is 3. The molecule has 0 fully saturated rings. The van der Waals surface area contributed by atoms with Gasteiger partial charge in [0.2, 0.25) is 9.84 Å². The summed E-state index contributed by atoms with van der Waals surface area (Å²) in [6.07, 6.45) is -5.87. The Labute approximate surface area is 154 Å². The minimum atomic E-state index is -6.81. The number of nitrogens with zero attached hydrogens (tertiary/aromatic N) is 1. The van der Waals surface area contributed by atoms with E-state index < -0.39 is 42.3 Å². The molecule has 0 aliphatic heterocycles. The van der Waals surface area contributed by atoms with E-state index in [9.17, 15) is 39.2 Å². The normalized spacial score (nSPS) is 24.2. The fourth-order valence-electron chi connectivity index (χ4n) is 1.82. The number of alkyl halides is 8. The Balaban J connectivity index is 3.60. The largest absolute Gasteiger partial charge is 0.461 e. The van der Waals surface area contributed by atoms with Gasteiger partial charge in [-0.05, 0) is 30.0 Å². The Hall–Kier alpha value is -0.610. The van der Waals surface area contributed by atoms with Crippen LogP contribution < -0.4 is 0 Å². The van der Waals surface area contributed by atoms with E-state index in [1.807, 2.05) is 0 Å². The molecule has 0 bridgehead atoms. The van der Waals surface area contributed by atoms with Gasteiger partial charge in [-0.15, -0.1) is 0 Å². The van der Waals surface area contributed by atoms with E-state index in [-0.39, 0.29) is 10.9 Å². The van der Waals surface area contributed by atoms with Crippen LogP contribution in [0.2, 0.25) is 0 Å². The van der Waals surface area contributed by atoms with E-state index >= 15 is 0 Å². The highest BCUT2D eigenvalue weighted by molar-refractivity contribution is 9.12. The maximum absolute atomic E-state index is 13.7. The van der Waals surface area contributed by atoms with Gasteiger partial charge in [0.1, 0.15) is 0 Å². The van der Waals surface area contributed by atoms with Gasteiger partial charge in [0.25, 0.3) is 0 Å². The van der Waals surface area contributed by atoms with Gasteiger partial charge in [-0.25, -0.2) is 8.42 Å². The number of allylic oxidation sites excluding steroid dienone is 3. The number of hydrogen-bond donors (Lipinski definition) is 0. The Morgan fingerprint density at radius 3 is 2.12 bits per heavy atom. The summed E-state index contributed by atoms with van der Waals surface area (Å²) in [5.41, 5.74) is 0. The maximum Gasteiger partial charge on any atom is 0.461 e. The molecule has 0 aromatic carbocycles. The predicted molar refractivity (Wildman–Crippen MR) is 81.0 cm³/mol. The zero-order chi connectivity index (χ0) is 20.1. The summed E-state index contributed by atoms with van der Waals surface area (Å²) in [5.74, 6) is -7.83. The Kier molecular flexibility index (Phi) is 5.85. The molecule has 3 nitrogen and oxygen atoms in total. The molecule has 1 aliphatic carbocycles. The van der Waals surface area contributed by atoms with Crippen LogP contribution in [0.1, 0.15) is 13.3 Å². The molecule has 1 rings (SSSR count). The molecule has 142 valence electrons. The highest BCUT2D eigenvalue weighted by Gasteiger charge is 2.79. The monoisotopic (exact) mass is 521 g/mol. The molecule has 13 heteroatoms. The van der Waals surface area contributed by atoms with Crippen LogP contribution in [0.25, 0.3) is 0 Å². The molecule has 0 N–H and O–H groups in total. The lowest BCUT2D eigenvalue weighted by Crippen LogP contribution is -2.56. The van der Waals surface area contributed by atoms with Crippen LogP contribution in [0.5, 0.6) is 0 Å². The number of rotatable bonds is 4. The fraction of sp³-hybridized carbons (Fsp3) is 0.583. The van der Waals surface area contributed by atoms with E-state index in [0.717, 1.165) is 0 Å². The standard InChI is InChI=1S/C12H8Br2F7NO2S/c1-6(5-22)9(14)3-7(13)2-8(4-9)25(23,24)12(20,21)10(15,16)11(17,18)19/h2,4,6H,3H2,1H3. The smallest absolute Gasteiger partial charge is 0.217 e. The molecule has 0 saturated carbocycles. The molecule has 0 heterocycles. The summed E-state index contributed by atoms with van der Waals surface area (Å²) in [6.45, 7) is 1.28. The number of halogens is 9. The fourth-order valence-corrected chi connectivity index (χ4v) is 5.27. The summed E-state index contributed by atoms with van der Waals surface area (Å²) < 4.78 is 112. The minimum absolute atomic E-state index is 0.0846. The summed E-state index contributed by atoms with van der Waals surface area (Å²) >= 11 is 5.78. The second kappa shape index (κ2) is 6.53. The highest BCUT2D eigenvalue weighted by atomic mass is 79.9. The van der Waals surface area contributed by atoms with Crippen LogP contribution in [-0.4, -0.2) is 30.1 Å². The third-order valence-corrected chi connectivity index (χ3v) is 6.90. The molecule has 2 unspecified atom stereocenters. The van der Waals surface area contributed by atoms with E-state index in [2.05, 4.69) is 31.9 Å². The first-order chi connectivity index (χ1) is 10.9. The molecule has 0 radical (unpaired) electrons. The molecule has 2 atom stereocenters. The summed E-state index contributed by atoms with van der Waals surface area (Å²) in [5, 5.41) is 2.46. The van der Waals surface area contributed by atoms with Crippen LogP contribution in [0.4, 0.5) is 30.7 Å². The van der Waals surface area contributed by atoms with Crippen LogP contribution in [-0.2, 0) is 9.84 Å². The van der Waals surface area contributed by atoms with Crippen molar-refractivity contribution in [2.45, 2.75) is 35.0 Å². The third kappa shape index (κ3) is 3.62. The first-order valence-corrected chi connectivity index (χ1v) is 9.25. The second-order valence-electron chi connectivity index (χ2n) is 5.18. The summed E-state index contributed by atoms with van der Waals surface area (Å²) in [4.78, 5) is -1.46. The summed E-state index contributed by atoms with van der Waals surface area (Å²) in [7, 11) is -6.44. The minimum Gasteiger partial charge on any atom is -0.217 e. The van der Waals surface area contributed by atoms with Gasteiger partial charge in [-0.2, -0.15) is 36.0 Å². The third-order valence-electron chi connectivity index (χ3n) is 3.40. The molecule has 0 amide bonds. The van der Waals surface area contributed by atoms with Crippen molar-refractivity contribution in [2.24, 2.45) is 5.92 Å². The van der Waals surface area contributed by atoms with Gasteiger partial charge in [0.05, 0.1) is 21.2 Å². The van der Waals surface area contributed by atoms with Crippen molar-refractivity contribution in [3.63, 3.8) is 0 Å². The van der Waals surface area contributed by atoms with E-state index in [1.54, 1.807) is 6.07 Å². The van der Waals surface area contributed by atoms with Crippen molar-refractivity contribution < 1.29 is 39.2 Å². The van der Waals surface area contributed by atoms with Crippen molar-refractivity contribution in [3.8, 4) is 6.07 Å².